The molecular formula is C23H30N2O3. The number of likely N-dealkylation sites (tertiary alicyclic amines) is 1. The molecule has 1 N–H and O–H groups in total. The maximum atomic E-state index is 12.6. The average Bonchev–Trinajstić information content (AvgIpc) is 2.73. The van der Waals surface area contributed by atoms with Crippen LogP contribution in [0.25, 0.3) is 0 Å². The highest BCUT2D eigenvalue weighted by atomic mass is 16.5. The molecule has 1 atom stereocenters. The molecule has 2 aromatic carbocycles. The summed E-state index contributed by atoms with van der Waals surface area (Å²) < 4.78 is 10.9. The lowest BCUT2D eigenvalue weighted by atomic mass is 9.97. The third kappa shape index (κ3) is 5.49. The van der Waals surface area contributed by atoms with Gasteiger partial charge in [-0.25, -0.2) is 0 Å². The fourth-order valence-corrected chi connectivity index (χ4v) is 3.73. The lowest BCUT2D eigenvalue weighted by molar-refractivity contribution is 0.0930. The Bertz CT molecular complexity index is 764. The van der Waals surface area contributed by atoms with Gasteiger partial charge in [0.25, 0.3) is 5.91 Å². The fraction of sp³-hybridized carbons (Fsp3) is 0.435. The standard InChI is InChI=1S/C23H30N2O3/c1-3-28-22-14-20(11-12-21(22)27-2)23(26)24-15-19-10-7-13-25(17-19)16-18-8-5-4-6-9-18/h4-6,8-9,11-12,14,19H,3,7,10,13,15-17H2,1-2H3,(H,24,26). The molecule has 1 aliphatic heterocycles. The summed E-state index contributed by atoms with van der Waals surface area (Å²) in [4.78, 5) is 15.1. The van der Waals surface area contributed by atoms with Crippen LogP contribution in [0.1, 0.15) is 35.7 Å². The molecular weight excluding hydrogens is 352 g/mol. The molecule has 1 amide bonds. The zero-order valence-corrected chi connectivity index (χ0v) is 16.8. The molecule has 0 spiro atoms. The number of carbonyl (C=O) groups excluding carboxylic acids is 1. The number of hydrogen-bond donors (Lipinski definition) is 1. The van der Waals surface area contributed by atoms with Crippen LogP contribution in [-0.2, 0) is 6.54 Å². The summed E-state index contributed by atoms with van der Waals surface area (Å²) in [6.45, 7) is 6.25. The van der Waals surface area contributed by atoms with E-state index in [1.54, 1.807) is 25.3 Å². The molecule has 0 aliphatic carbocycles. The summed E-state index contributed by atoms with van der Waals surface area (Å²) in [5, 5.41) is 3.10. The van der Waals surface area contributed by atoms with Gasteiger partial charge in [0.15, 0.2) is 11.5 Å². The van der Waals surface area contributed by atoms with Crippen LogP contribution >= 0.6 is 0 Å². The van der Waals surface area contributed by atoms with E-state index in [0.717, 1.165) is 26.1 Å². The highest BCUT2D eigenvalue weighted by Crippen LogP contribution is 2.28. The van der Waals surface area contributed by atoms with Gasteiger partial charge in [0.1, 0.15) is 0 Å². The molecule has 3 rings (SSSR count). The monoisotopic (exact) mass is 382 g/mol. The lowest BCUT2D eigenvalue weighted by Crippen LogP contribution is -2.40. The second-order valence-electron chi connectivity index (χ2n) is 7.24. The first-order valence-corrected chi connectivity index (χ1v) is 10.0. The van der Waals surface area contributed by atoms with Gasteiger partial charge in [-0.1, -0.05) is 30.3 Å². The maximum absolute atomic E-state index is 12.6. The van der Waals surface area contributed by atoms with E-state index >= 15 is 0 Å². The van der Waals surface area contributed by atoms with Crippen LogP contribution in [0, 0.1) is 5.92 Å². The maximum Gasteiger partial charge on any atom is 0.251 e. The Morgan fingerprint density at radius 2 is 2.00 bits per heavy atom. The molecule has 0 saturated carbocycles. The van der Waals surface area contributed by atoms with E-state index in [4.69, 9.17) is 9.47 Å². The van der Waals surface area contributed by atoms with Crippen molar-refractivity contribution in [2.24, 2.45) is 5.92 Å². The molecule has 0 radical (unpaired) electrons. The second kappa shape index (κ2) is 10.1. The van der Waals surface area contributed by atoms with E-state index in [2.05, 4.69) is 34.5 Å². The molecule has 28 heavy (non-hydrogen) atoms. The molecule has 0 aromatic heterocycles. The van der Waals surface area contributed by atoms with Crippen LogP contribution in [0.2, 0.25) is 0 Å². The summed E-state index contributed by atoms with van der Waals surface area (Å²) in [6, 6.07) is 15.9. The van der Waals surface area contributed by atoms with E-state index in [-0.39, 0.29) is 5.91 Å². The van der Waals surface area contributed by atoms with Gasteiger partial charge in [-0.2, -0.15) is 0 Å². The van der Waals surface area contributed by atoms with Crippen molar-refractivity contribution in [2.75, 3.05) is 33.4 Å². The van der Waals surface area contributed by atoms with Crippen molar-refractivity contribution in [3.8, 4) is 11.5 Å². The number of methoxy groups -OCH3 is 1. The van der Waals surface area contributed by atoms with Gasteiger partial charge in [-0.05, 0) is 56.0 Å². The highest BCUT2D eigenvalue weighted by molar-refractivity contribution is 5.94. The van der Waals surface area contributed by atoms with Gasteiger partial charge < -0.3 is 14.8 Å². The van der Waals surface area contributed by atoms with Gasteiger partial charge in [0, 0.05) is 25.2 Å². The lowest BCUT2D eigenvalue weighted by Gasteiger charge is -2.32. The first-order valence-electron chi connectivity index (χ1n) is 10.0. The predicted octanol–water partition coefficient (Wildman–Crippen LogP) is 3.74. The van der Waals surface area contributed by atoms with E-state index in [1.165, 1.54) is 12.0 Å². The molecule has 0 bridgehead atoms. The van der Waals surface area contributed by atoms with Crippen molar-refractivity contribution in [3.63, 3.8) is 0 Å². The average molecular weight is 383 g/mol. The molecule has 1 unspecified atom stereocenters. The minimum atomic E-state index is -0.0659. The first kappa shape index (κ1) is 20.2. The van der Waals surface area contributed by atoms with Crippen molar-refractivity contribution in [1.29, 1.82) is 0 Å². The van der Waals surface area contributed by atoms with Crippen LogP contribution < -0.4 is 14.8 Å². The van der Waals surface area contributed by atoms with Crippen molar-refractivity contribution in [2.45, 2.75) is 26.3 Å². The molecule has 1 fully saturated rings. The minimum absolute atomic E-state index is 0.0659. The number of benzene rings is 2. The Hall–Kier alpha value is -2.53. The van der Waals surface area contributed by atoms with Gasteiger partial charge in [0.2, 0.25) is 0 Å². The number of nitrogens with zero attached hydrogens (tertiary/aromatic N) is 1. The number of amides is 1. The first-order chi connectivity index (χ1) is 13.7. The number of piperidine rings is 1. The molecule has 1 aliphatic rings. The Morgan fingerprint density at radius 1 is 1.18 bits per heavy atom. The number of ether oxygens (including phenoxy) is 2. The number of hydrogen-bond acceptors (Lipinski definition) is 4. The number of carbonyl (C=O) groups is 1. The Kier molecular flexibility index (Phi) is 7.31. The molecule has 2 aromatic rings. The molecule has 150 valence electrons. The summed E-state index contributed by atoms with van der Waals surface area (Å²) in [7, 11) is 1.60. The van der Waals surface area contributed by atoms with Crippen molar-refractivity contribution in [3.05, 3.63) is 59.7 Å². The molecule has 1 saturated heterocycles. The Balaban J connectivity index is 1.53. The zero-order chi connectivity index (χ0) is 19.8. The quantitative estimate of drug-likeness (QED) is 0.756. The van der Waals surface area contributed by atoms with Crippen molar-refractivity contribution >= 4 is 5.91 Å². The smallest absolute Gasteiger partial charge is 0.251 e. The number of nitrogens with one attached hydrogen (secondary N) is 1. The van der Waals surface area contributed by atoms with Gasteiger partial charge in [-0.15, -0.1) is 0 Å². The van der Waals surface area contributed by atoms with E-state index in [0.29, 0.717) is 36.1 Å². The van der Waals surface area contributed by atoms with E-state index in [1.807, 2.05) is 13.0 Å². The summed E-state index contributed by atoms with van der Waals surface area (Å²) in [5.74, 6) is 1.65. The zero-order valence-electron chi connectivity index (χ0n) is 16.8. The van der Waals surface area contributed by atoms with Crippen LogP contribution in [0.15, 0.2) is 48.5 Å². The summed E-state index contributed by atoms with van der Waals surface area (Å²) in [6.07, 6.45) is 2.32. The summed E-state index contributed by atoms with van der Waals surface area (Å²) in [5.41, 5.74) is 1.94. The topological polar surface area (TPSA) is 50.8 Å². The van der Waals surface area contributed by atoms with E-state index in [9.17, 15) is 4.79 Å². The fourth-order valence-electron chi connectivity index (χ4n) is 3.73. The van der Waals surface area contributed by atoms with Gasteiger partial charge >= 0.3 is 0 Å². The second-order valence-corrected chi connectivity index (χ2v) is 7.24. The van der Waals surface area contributed by atoms with Gasteiger partial charge in [0.05, 0.1) is 13.7 Å². The normalized spacial score (nSPS) is 17.1. The van der Waals surface area contributed by atoms with Crippen LogP contribution in [0.3, 0.4) is 0 Å². The Morgan fingerprint density at radius 3 is 2.75 bits per heavy atom. The molecule has 1 heterocycles. The van der Waals surface area contributed by atoms with Crippen LogP contribution in [0.5, 0.6) is 11.5 Å². The number of rotatable bonds is 8. The third-order valence-corrected chi connectivity index (χ3v) is 5.13. The third-order valence-electron chi connectivity index (χ3n) is 5.13. The Labute approximate surface area is 167 Å². The van der Waals surface area contributed by atoms with E-state index < -0.39 is 0 Å². The minimum Gasteiger partial charge on any atom is -0.493 e. The molecule has 5 heteroatoms. The van der Waals surface area contributed by atoms with Crippen molar-refractivity contribution in [1.82, 2.24) is 10.2 Å². The van der Waals surface area contributed by atoms with Crippen LogP contribution in [0.4, 0.5) is 0 Å². The highest BCUT2D eigenvalue weighted by Gasteiger charge is 2.21. The van der Waals surface area contributed by atoms with Gasteiger partial charge in [-0.3, -0.25) is 9.69 Å². The SMILES string of the molecule is CCOc1cc(C(=O)NCC2CCCN(Cc3ccccc3)C2)ccc1OC. The van der Waals surface area contributed by atoms with Crippen LogP contribution in [-0.4, -0.2) is 44.2 Å². The largest absolute Gasteiger partial charge is 0.493 e. The molecule has 5 nitrogen and oxygen atoms in total. The van der Waals surface area contributed by atoms with Crippen molar-refractivity contribution < 1.29 is 14.3 Å². The predicted molar refractivity (Wildman–Crippen MR) is 111 cm³/mol. The summed E-state index contributed by atoms with van der Waals surface area (Å²) >= 11 is 0.